The molecule has 0 heterocycles. The summed E-state index contributed by atoms with van der Waals surface area (Å²) < 4.78 is 33.2. The number of amides is 1. The van der Waals surface area contributed by atoms with E-state index >= 15 is 0 Å². The van der Waals surface area contributed by atoms with Crippen molar-refractivity contribution in [2.45, 2.75) is 37.6 Å². The Morgan fingerprint density at radius 2 is 1.63 bits per heavy atom. The van der Waals surface area contributed by atoms with Crippen LogP contribution in [0, 0.1) is 0 Å². The van der Waals surface area contributed by atoms with Gasteiger partial charge < -0.3 is 10.1 Å². The maximum absolute atomic E-state index is 12.6. The Morgan fingerprint density at radius 1 is 0.943 bits per heavy atom. The van der Waals surface area contributed by atoms with E-state index < -0.39 is 15.6 Å². The lowest BCUT2D eigenvalue weighted by Gasteiger charge is -2.20. The third-order valence-electron chi connectivity index (χ3n) is 4.69. The highest BCUT2D eigenvalue weighted by atomic mass is 32.2. The zero-order valence-corrected chi connectivity index (χ0v) is 21.5. The van der Waals surface area contributed by atoms with Crippen molar-refractivity contribution in [3.05, 3.63) is 90.0 Å². The van der Waals surface area contributed by atoms with E-state index in [9.17, 15) is 13.2 Å². The van der Waals surface area contributed by atoms with Crippen LogP contribution in [0.15, 0.2) is 83.8 Å². The van der Waals surface area contributed by atoms with Crippen LogP contribution >= 0.6 is 12.2 Å². The van der Waals surface area contributed by atoms with Crippen LogP contribution in [0.25, 0.3) is 0 Å². The molecule has 184 valence electrons. The van der Waals surface area contributed by atoms with Gasteiger partial charge >= 0.3 is 0 Å². The predicted octanol–water partition coefficient (Wildman–Crippen LogP) is 4.51. The molecule has 35 heavy (non-hydrogen) atoms. The average molecular weight is 512 g/mol. The molecule has 3 aromatic carbocycles. The Hall–Kier alpha value is -3.27. The lowest BCUT2D eigenvalue weighted by atomic mass is 10.1. The molecule has 0 spiro atoms. The first-order chi connectivity index (χ1) is 16.5. The molecular weight excluding hydrogens is 482 g/mol. The van der Waals surface area contributed by atoms with E-state index in [0.29, 0.717) is 23.6 Å². The lowest BCUT2D eigenvalue weighted by Crippen LogP contribution is -2.40. The summed E-state index contributed by atoms with van der Waals surface area (Å²) in [7, 11) is -3.64. The number of ether oxygens (including phenoxy) is 1. The molecule has 0 bridgehead atoms. The third kappa shape index (κ3) is 8.47. The van der Waals surface area contributed by atoms with Gasteiger partial charge in [-0.3, -0.25) is 10.1 Å². The number of rotatable bonds is 8. The quantitative estimate of drug-likeness (QED) is 0.385. The van der Waals surface area contributed by atoms with Gasteiger partial charge in [0.1, 0.15) is 5.75 Å². The van der Waals surface area contributed by atoms with Crippen molar-refractivity contribution in [3.8, 4) is 5.75 Å². The molecule has 1 amide bonds. The Bertz CT molecular complexity index is 1270. The maximum Gasteiger partial charge on any atom is 0.257 e. The lowest BCUT2D eigenvalue weighted by molar-refractivity contribution is 0.0977. The predicted molar refractivity (Wildman–Crippen MR) is 142 cm³/mol. The van der Waals surface area contributed by atoms with Crippen LogP contribution in [0.3, 0.4) is 0 Å². The monoisotopic (exact) mass is 511 g/mol. The Labute approximate surface area is 212 Å². The zero-order valence-electron chi connectivity index (χ0n) is 19.9. The average Bonchev–Trinajstić information content (AvgIpc) is 2.79. The van der Waals surface area contributed by atoms with E-state index in [4.69, 9.17) is 17.0 Å². The minimum absolute atomic E-state index is 0.0915. The number of hydrogen-bond acceptors (Lipinski definition) is 5. The fourth-order valence-corrected chi connectivity index (χ4v) is 4.80. The minimum Gasteiger partial charge on any atom is -0.493 e. The number of thiocarbonyl (C=S) groups is 1. The summed E-state index contributed by atoms with van der Waals surface area (Å²) >= 11 is 5.24. The SMILES string of the molecule is CC(C)(C)NS(=O)(=O)c1ccc(NC(=S)NC(=O)c2cccc(OCCc3ccccc3)c2)cc1. The van der Waals surface area contributed by atoms with E-state index in [1.807, 2.05) is 30.3 Å². The molecular formula is C26H29N3O4S2. The minimum atomic E-state index is -3.64. The van der Waals surface area contributed by atoms with E-state index in [1.165, 1.54) is 17.7 Å². The molecule has 7 nitrogen and oxygen atoms in total. The van der Waals surface area contributed by atoms with Crippen LogP contribution in [-0.4, -0.2) is 31.6 Å². The van der Waals surface area contributed by atoms with Crippen LogP contribution in [0.5, 0.6) is 5.75 Å². The third-order valence-corrected chi connectivity index (χ3v) is 6.67. The smallest absolute Gasteiger partial charge is 0.257 e. The summed E-state index contributed by atoms with van der Waals surface area (Å²) in [5.41, 5.74) is 1.53. The molecule has 0 aliphatic heterocycles. The first-order valence-electron chi connectivity index (χ1n) is 11.0. The summed E-state index contributed by atoms with van der Waals surface area (Å²) in [5.74, 6) is 0.206. The van der Waals surface area contributed by atoms with Crippen molar-refractivity contribution in [2.24, 2.45) is 0 Å². The standard InChI is InChI=1S/C26H29N3O4S2/c1-26(2,3)29-35(31,32)23-14-12-21(13-15-23)27-25(34)28-24(30)20-10-7-11-22(18-20)33-17-16-19-8-5-4-6-9-19/h4-15,18,29H,16-17H2,1-3H3,(H2,27,28,30,34). The molecule has 0 radical (unpaired) electrons. The van der Waals surface area contributed by atoms with Crippen LogP contribution in [-0.2, 0) is 16.4 Å². The molecule has 0 fully saturated rings. The second kappa shape index (κ2) is 11.4. The molecule has 3 N–H and O–H groups in total. The van der Waals surface area contributed by atoms with Crippen molar-refractivity contribution in [2.75, 3.05) is 11.9 Å². The Kier molecular flexibility index (Phi) is 8.61. The van der Waals surface area contributed by atoms with Gasteiger partial charge in [-0.05, 0) is 81.0 Å². The highest BCUT2D eigenvalue weighted by Crippen LogP contribution is 2.17. The van der Waals surface area contributed by atoms with Gasteiger partial charge in [-0.25, -0.2) is 13.1 Å². The van der Waals surface area contributed by atoms with E-state index in [1.54, 1.807) is 57.2 Å². The van der Waals surface area contributed by atoms with Gasteiger partial charge in [0, 0.05) is 23.2 Å². The van der Waals surface area contributed by atoms with E-state index in [-0.39, 0.29) is 15.9 Å². The van der Waals surface area contributed by atoms with Gasteiger partial charge in [-0.15, -0.1) is 0 Å². The molecule has 3 aromatic rings. The summed E-state index contributed by atoms with van der Waals surface area (Å²) in [6, 6.07) is 23.0. The second-order valence-corrected chi connectivity index (χ2v) is 11.0. The number of carbonyl (C=O) groups excluding carboxylic acids is 1. The Balaban J connectivity index is 1.54. The van der Waals surface area contributed by atoms with Crippen molar-refractivity contribution in [1.82, 2.24) is 10.0 Å². The number of nitrogens with one attached hydrogen (secondary N) is 3. The highest BCUT2D eigenvalue weighted by molar-refractivity contribution is 7.89. The largest absolute Gasteiger partial charge is 0.493 e. The summed E-state index contributed by atoms with van der Waals surface area (Å²) in [5, 5.41) is 5.61. The summed E-state index contributed by atoms with van der Waals surface area (Å²) in [6.07, 6.45) is 0.762. The van der Waals surface area contributed by atoms with Gasteiger partial charge in [0.15, 0.2) is 5.11 Å². The molecule has 3 rings (SSSR count). The maximum atomic E-state index is 12.6. The number of benzene rings is 3. The van der Waals surface area contributed by atoms with Crippen molar-refractivity contribution in [3.63, 3.8) is 0 Å². The molecule has 0 aromatic heterocycles. The van der Waals surface area contributed by atoms with E-state index in [2.05, 4.69) is 15.4 Å². The molecule has 0 saturated heterocycles. The first-order valence-corrected chi connectivity index (χ1v) is 12.9. The first kappa shape index (κ1) is 26.3. The van der Waals surface area contributed by atoms with Crippen molar-refractivity contribution >= 4 is 38.9 Å². The number of carbonyl (C=O) groups is 1. The van der Waals surface area contributed by atoms with Crippen LogP contribution < -0.4 is 20.1 Å². The molecule has 0 atom stereocenters. The van der Waals surface area contributed by atoms with Gasteiger partial charge in [0.05, 0.1) is 11.5 Å². The fraction of sp³-hybridized carbons (Fsp3) is 0.231. The molecule has 0 aliphatic carbocycles. The second-order valence-electron chi connectivity index (χ2n) is 8.90. The molecule has 9 heteroatoms. The van der Waals surface area contributed by atoms with Crippen molar-refractivity contribution < 1.29 is 17.9 Å². The van der Waals surface area contributed by atoms with Gasteiger partial charge in [0.2, 0.25) is 10.0 Å². The molecule has 0 unspecified atom stereocenters. The topological polar surface area (TPSA) is 96.5 Å². The molecule has 0 aliphatic rings. The Morgan fingerprint density at radius 3 is 2.29 bits per heavy atom. The zero-order chi connectivity index (χ0) is 25.5. The highest BCUT2D eigenvalue weighted by Gasteiger charge is 2.21. The van der Waals surface area contributed by atoms with Gasteiger partial charge in [-0.2, -0.15) is 0 Å². The summed E-state index contributed by atoms with van der Waals surface area (Å²) in [4.78, 5) is 12.8. The van der Waals surface area contributed by atoms with E-state index in [0.717, 1.165) is 6.42 Å². The summed E-state index contributed by atoms with van der Waals surface area (Å²) in [6.45, 7) is 5.81. The number of anilines is 1. The fourth-order valence-electron chi connectivity index (χ4n) is 3.18. The van der Waals surface area contributed by atoms with Crippen LogP contribution in [0.2, 0.25) is 0 Å². The number of hydrogen-bond donors (Lipinski definition) is 3. The van der Waals surface area contributed by atoms with Gasteiger partial charge in [-0.1, -0.05) is 36.4 Å². The van der Waals surface area contributed by atoms with Gasteiger partial charge in [0.25, 0.3) is 5.91 Å². The van der Waals surface area contributed by atoms with Crippen LogP contribution in [0.1, 0.15) is 36.7 Å². The molecule has 0 saturated carbocycles. The van der Waals surface area contributed by atoms with Crippen LogP contribution in [0.4, 0.5) is 5.69 Å². The number of sulfonamides is 1. The van der Waals surface area contributed by atoms with Crippen molar-refractivity contribution in [1.29, 1.82) is 0 Å². The normalized spacial score (nSPS) is 11.5.